The van der Waals surface area contributed by atoms with Gasteiger partial charge in [-0.1, -0.05) is 17.3 Å². The Morgan fingerprint density at radius 1 is 1.53 bits per heavy atom. The summed E-state index contributed by atoms with van der Waals surface area (Å²) in [4.78, 5) is 10.1. The zero-order valence-electron chi connectivity index (χ0n) is 8.45. The summed E-state index contributed by atoms with van der Waals surface area (Å²) in [5.74, 6) is -0.103. The van der Waals surface area contributed by atoms with Gasteiger partial charge in [-0.15, -0.1) is 0 Å². The van der Waals surface area contributed by atoms with Crippen molar-refractivity contribution < 1.29 is 9.45 Å². The highest BCUT2D eigenvalue weighted by atomic mass is 16.6. The Labute approximate surface area is 95.2 Å². The molecule has 0 fully saturated rings. The predicted molar refractivity (Wildman–Crippen MR) is 57.7 cm³/mol. The van der Waals surface area contributed by atoms with E-state index in [2.05, 4.69) is 9.68 Å². The molecule has 0 atom stereocenters. The number of nitrogens with two attached hydrogens (primary N) is 1. The van der Waals surface area contributed by atoms with Gasteiger partial charge in [0.2, 0.25) is 5.88 Å². The molecule has 2 aromatic rings. The summed E-state index contributed by atoms with van der Waals surface area (Å²) in [6.07, 6.45) is 0. The van der Waals surface area contributed by atoms with Gasteiger partial charge < -0.3 is 10.3 Å². The Morgan fingerprint density at radius 3 is 2.94 bits per heavy atom. The van der Waals surface area contributed by atoms with Crippen molar-refractivity contribution in [3.05, 3.63) is 39.9 Å². The number of benzene rings is 1. The van der Waals surface area contributed by atoms with E-state index in [1.807, 2.05) is 6.07 Å². The lowest BCUT2D eigenvalue weighted by Crippen LogP contribution is -1.90. The van der Waals surface area contributed by atoms with E-state index in [0.717, 1.165) is 0 Å². The molecule has 7 nitrogen and oxygen atoms in total. The zero-order valence-corrected chi connectivity index (χ0v) is 8.45. The lowest BCUT2D eigenvalue weighted by molar-refractivity contribution is -0.384. The van der Waals surface area contributed by atoms with E-state index < -0.39 is 4.92 Å². The average molecular weight is 230 g/mol. The molecule has 0 saturated heterocycles. The molecule has 2 rings (SSSR count). The normalized spacial score (nSPS) is 9.82. The SMILES string of the molecule is N#Cc1c(-c2cccc([N+](=O)[O-])c2)noc1N. The van der Waals surface area contributed by atoms with Crippen LogP contribution in [-0.4, -0.2) is 10.1 Å². The standard InChI is InChI=1S/C10H6N4O3/c11-5-8-9(13-17-10(8)12)6-2-1-3-7(4-6)14(15)16/h1-4H,12H2. The van der Waals surface area contributed by atoms with Gasteiger partial charge in [-0.2, -0.15) is 5.26 Å². The quantitative estimate of drug-likeness (QED) is 0.619. The molecule has 1 heterocycles. The molecule has 0 aliphatic heterocycles. The van der Waals surface area contributed by atoms with Crippen LogP contribution in [0.1, 0.15) is 5.56 Å². The zero-order chi connectivity index (χ0) is 12.4. The molecule has 0 unspecified atom stereocenters. The van der Waals surface area contributed by atoms with Crippen LogP contribution in [0.2, 0.25) is 0 Å². The van der Waals surface area contributed by atoms with Crippen molar-refractivity contribution in [3.63, 3.8) is 0 Å². The van der Waals surface area contributed by atoms with E-state index >= 15 is 0 Å². The van der Waals surface area contributed by atoms with Gasteiger partial charge in [0.1, 0.15) is 17.3 Å². The van der Waals surface area contributed by atoms with E-state index in [-0.39, 0.29) is 22.8 Å². The second-order valence-corrected chi connectivity index (χ2v) is 3.19. The maximum Gasteiger partial charge on any atom is 0.270 e. The minimum atomic E-state index is -0.529. The molecule has 0 spiro atoms. The minimum absolute atomic E-state index is 0.0745. The van der Waals surface area contributed by atoms with E-state index in [9.17, 15) is 10.1 Å². The van der Waals surface area contributed by atoms with Crippen LogP contribution in [0.15, 0.2) is 28.8 Å². The third kappa shape index (κ3) is 1.79. The molecule has 1 aromatic heterocycles. The number of nitriles is 1. The van der Waals surface area contributed by atoms with Gasteiger partial charge in [0.15, 0.2) is 0 Å². The van der Waals surface area contributed by atoms with Crippen LogP contribution in [0.4, 0.5) is 11.6 Å². The summed E-state index contributed by atoms with van der Waals surface area (Å²) in [6, 6.07) is 7.58. The highest BCUT2D eigenvalue weighted by Gasteiger charge is 2.17. The Balaban J connectivity index is 2.57. The summed E-state index contributed by atoms with van der Waals surface area (Å²) >= 11 is 0. The molecule has 7 heteroatoms. The molecular weight excluding hydrogens is 224 g/mol. The fourth-order valence-corrected chi connectivity index (χ4v) is 1.37. The number of nitro benzene ring substituents is 1. The van der Waals surface area contributed by atoms with Crippen LogP contribution in [-0.2, 0) is 0 Å². The first kappa shape index (κ1) is 10.6. The maximum absolute atomic E-state index is 10.6. The number of aromatic nitrogens is 1. The van der Waals surface area contributed by atoms with Crippen molar-refractivity contribution in [2.45, 2.75) is 0 Å². The van der Waals surface area contributed by atoms with Crippen molar-refractivity contribution >= 4 is 11.6 Å². The van der Waals surface area contributed by atoms with E-state index in [4.69, 9.17) is 11.0 Å². The van der Waals surface area contributed by atoms with Gasteiger partial charge in [0, 0.05) is 17.7 Å². The molecule has 84 valence electrons. The summed E-state index contributed by atoms with van der Waals surface area (Å²) in [6.45, 7) is 0. The fourth-order valence-electron chi connectivity index (χ4n) is 1.37. The summed E-state index contributed by atoms with van der Waals surface area (Å²) in [5, 5.41) is 23.1. The van der Waals surface area contributed by atoms with Crippen LogP contribution in [0.3, 0.4) is 0 Å². The van der Waals surface area contributed by atoms with E-state index in [1.54, 1.807) is 6.07 Å². The van der Waals surface area contributed by atoms with Crippen LogP contribution in [0.5, 0.6) is 0 Å². The van der Waals surface area contributed by atoms with Crippen molar-refractivity contribution in [1.29, 1.82) is 5.26 Å². The van der Waals surface area contributed by atoms with Crippen LogP contribution in [0, 0.1) is 21.4 Å². The fraction of sp³-hybridized carbons (Fsp3) is 0. The first-order chi connectivity index (χ1) is 8.13. The monoisotopic (exact) mass is 230 g/mol. The predicted octanol–water partition coefficient (Wildman–Crippen LogP) is 1.70. The topological polar surface area (TPSA) is 119 Å². The molecule has 0 aliphatic rings. The van der Waals surface area contributed by atoms with Crippen molar-refractivity contribution in [2.24, 2.45) is 0 Å². The molecule has 2 N–H and O–H groups in total. The lowest BCUT2D eigenvalue weighted by atomic mass is 10.1. The van der Waals surface area contributed by atoms with E-state index in [1.165, 1.54) is 18.2 Å². The first-order valence-corrected chi connectivity index (χ1v) is 4.53. The number of anilines is 1. The third-order valence-electron chi connectivity index (χ3n) is 2.16. The second kappa shape index (κ2) is 3.94. The van der Waals surface area contributed by atoms with Gasteiger partial charge in [0.25, 0.3) is 5.69 Å². The van der Waals surface area contributed by atoms with Gasteiger partial charge >= 0.3 is 0 Å². The Hall–Kier alpha value is -2.88. The number of hydrogen-bond acceptors (Lipinski definition) is 6. The van der Waals surface area contributed by atoms with E-state index in [0.29, 0.717) is 5.56 Å². The number of rotatable bonds is 2. The molecular formula is C10H6N4O3. The highest BCUT2D eigenvalue weighted by Crippen LogP contribution is 2.28. The number of non-ortho nitro benzene ring substituents is 1. The van der Waals surface area contributed by atoms with Gasteiger partial charge in [-0.05, 0) is 0 Å². The molecule has 1 aromatic carbocycles. The number of nitrogen functional groups attached to an aromatic ring is 1. The Kier molecular flexibility index (Phi) is 2.46. The lowest BCUT2D eigenvalue weighted by Gasteiger charge is -1.96. The molecule has 17 heavy (non-hydrogen) atoms. The smallest absolute Gasteiger partial charge is 0.270 e. The molecule has 0 amide bonds. The Bertz CT molecular complexity index is 627. The molecule has 0 saturated carbocycles. The van der Waals surface area contributed by atoms with Crippen molar-refractivity contribution in [1.82, 2.24) is 5.16 Å². The third-order valence-corrected chi connectivity index (χ3v) is 2.16. The van der Waals surface area contributed by atoms with Crippen LogP contribution >= 0.6 is 0 Å². The van der Waals surface area contributed by atoms with Crippen LogP contribution < -0.4 is 5.73 Å². The summed E-state index contributed by atoms with van der Waals surface area (Å²) < 4.78 is 4.68. The number of hydrogen-bond donors (Lipinski definition) is 1. The number of nitro groups is 1. The highest BCUT2D eigenvalue weighted by molar-refractivity contribution is 5.72. The van der Waals surface area contributed by atoms with Crippen molar-refractivity contribution in [3.8, 4) is 17.3 Å². The minimum Gasteiger partial charge on any atom is -0.366 e. The van der Waals surface area contributed by atoms with Crippen molar-refractivity contribution in [2.75, 3.05) is 5.73 Å². The van der Waals surface area contributed by atoms with Gasteiger partial charge in [-0.25, -0.2) is 0 Å². The molecule has 0 radical (unpaired) electrons. The largest absolute Gasteiger partial charge is 0.366 e. The summed E-state index contributed by atoms with van der Waals surface area (Å²) in [7, 11) is 0. The average Bonchev–Trinajstić information content (AvgIpc) is 2.70. The number of nitrogens with zero attached hydrogens (tertiary/aromatic N) is 3. The first-order valence-electron chi connectivity index (χ1n) is 4.53. The summed E-state index contributed by atoms with van der Waals surface area (Å²) in [5.41, 5.74) is 6.00. The second-order valence-electron chi connectivity index (χ2n) is 3.19. The van der Waals surface area contributed by atoms with Gasteiger partial charge in [-0.3, -0.25) is 10.1 Å². The van der Waals surface area contributed by atoms with Gasteiger partial charge in [0.05, 0.1) is 4.92 Å². The maximum atomic E-state index is 10.6. The Morgan fingerprint density at radius 2 is 2.29 bits per heavy atom. The van der Waals surface area contributed by atoms with Crippen LogP contribution in [0.25, 0.3) is 11.3 Å². The molecule has 0 bridgehead atoms. The molecule has 0 aliphatic carbocycles.